The van der Waals surface area contributed by atoms with Gasteiger partial charge in [0.25, 0.3) is 0 Å². The van der Waals surface area contributed by atoms with Crippen LogP contribution in [0.3, 0.4) is 0 Å². The van der Waals surface area contributed by atoms with Crippen molar-refractivity contribution in [3.8, 4) is 0 Å². The van der Waals surface area contributed by atoms with Gasteiger partial charge in [0.15, 0.2) is 0 Å². The maximum Gasteiger partial charge on any atom is 0.0831 e. The summed E-state index contributed by atoms with van der Waals surface area (Å²) in [7, 11) is 0. The lowest BCUT2D eigenvalue weighted by atomic mass is 11.6. The predicted octanol–water partition coefficient (Wildman–Crippen LogP) is -1.13. The van der Waals surface area contributed by atoms with E-state index in [9.17, 15) is 0 Å². The second-order valence-electron chi connectivity index (χ2n) is 0.125. The Balaban J connectivity index is 0. The van der Waals surface area contributed by atoms with Crippen molar-refractivity contribution in [3.63, 3.8) is 0 Å². The second-order valence-corrected chi connectivity index (χ2v) is 0.125. The molecule has 0 spiro atoms. The predicted molar refractivity (Wildman–Crippen MR) is 21.8 cm³/mol. The highest BCUT2D eigenvalue weighted by Gasteiger charge is 0.934. The molecular formula is CH6N2Si. The molecule has 0 aromatic rings. The van der Waals surface area contributed by atoms with Crippen molar-refractivity contribution in [1.82, 2.24) is 0 Å². The molecule has 0 amide bonds. The zero-order valence-electron chi connectivity index (χ0n) is 1.50. The fourth-order valence-electron chi connectivity index (χ4n) is 0. The Morgan fingerprint density at radius 1 is 1.25 bits per heavy atom. The van der Waals surface area contributed by atoms with Crippen LogP contribution in [0.4, 0.5) is 0 Å². The third-order valence-corrected chi connectivity index (χ3v) is 0. The first-order valence-corrected chi connectivity index (χ1v) is 0.500. The van der Waals surface area contributed by atoms with Crippen molar-refractivity contribution in [2.45, 2.75) is 0 Å². The van der Waals surface area contributed by atoms with E-state index in [-0.39, 0.29) is 11.0 Å². The first-order chi connectivity index (χ1) is 1.41. The Hall–Kier alpha value is -0.403. The molecule has 2 N–H and O–H groups in total. The van der Waals surface area contributed by atoms with Crippen molar-refractivity contribution in [3.05, 3.63) is 0 Å². The lowest BCUT2D eigenvalue weighted by molar-refractivity contribution is 1.47. The van der Waals surface area contributed by atoms with E-state index < -0.39 is 0 Å². The molecule has 2 nitrogen and oxygen atoms in total. The van der Waals surface area contributed by atoms with E-state index in [0.717, 1.165) is 0 Å². The highest BCUT2D eigenvalue weighted by Crippen LogP contribution is 0.920. The summed E-state index contributed by atoms with van der Waals surface area (Å²) in [6.45, 7) is 0. The number of hydrogen-bond donors (Lipinski definition) is 2. The van der Waals surface area contributed by atoms with Crippen LogP contribution in [0.1, 0.15) is 0 Å². The first-order valence-electron chi connectivity index (χ1n) is 0.500. The maximum atomic E-state index is 5.62. The molecule has 0 rings (SSSR count). The normalized spacial score (nSPS) is 2.00. The van der Waals surface area contributed by atoms with Gasteiger partial charge in [-0.05, 0) is 11.0 Å². The van der Waals surface area contributed by atoms with Gasteiger partial charge >= 0.3 is 0 Å². The van der Waals surface area contributed by atoms with Crippen molar-refractivity contribution in [1.29, 1.82) is 10.8 Å². The lowest BCUT2D eigenvalue weighted by Crippen LogP contribution is -1.11. The van der Waals surface area contributed by atoms with Crippen molar-refractivity contribution in [2.24, 2.45) is 0 Å². The van der Waals surface area contributed by atoms with Gasteiger partial charge in [-0.15, -0.1) is 0 Å². The Morgan fingerprint density at radius 2 is 1.25 bits per heavy atom. The van der Waals surface area contributed by atoms with Crippen LogP contribution >= 0.6 is 0 Å². The zero-order valence-corrected chi connectivity index (χ0v) is 1.50. The van der Waals surface area contributed by atoms with E-state index in [1.807, 2.05) is 0 Å². The Kier molecular flexibility index (Phi) is 44.2. The highest BCUT2D eigenvalue weighted by atomic mass is 28.1. The molecule has 0 aliphatic heterocycles. The molecular weight excluding hydrogens is 68.1 g/mol. The van der Waals surface area contributed by atoms with E-state index in [2.05, 4.69) is 0 Å². The summed E-state index contributed by atoms with van der Waals surface area (Å²) < 4.78 is 0. The summed E-state index contributed by atoms with van der Waals surface area (Å²) in [6.07, 6.45) is 0. The fourth-order valence-corrected chi connectivity index (χ4v) is 0. The van der Waals surface area contributed by atoms with Gasteiger partial charge in [-0.3, -0.25) is 0 Å². The van der Waals surface area contributed by atoms with E-state index in [1.165, 1.54) is 6.01 Å². The van der Waals surface area contributed by atoms with Crippen molar-refractivity contribution in [2.75, 3.05) is 0 Å². The smallest absolute Gasteiger partial charge is 0.0831 e. The molecule has 0 atom stereocenters. The molecule has 0 fully saturated rings. The van der Waals surface area contributed by atoms with Crippen LogP contribution in [0.25, 0.3) is 0 Å². The Bertz CT molecular complexity index is 27.0. The maximum absolute atomic E-state index is 5.62. The average molecular weight is 74.2 g/mol. The summed E-state index contributed by atoms with van der Waals surface area (Å²) in [5.74, 6) is 0. The molecule has 0 aliphatic carbocycles. The molecule has 0 bridgehead atoms. The standard InChI is InChI=1S/CH2N2.H4Si/c2-1-3;/h2-3H;1H4. The SMILES string of the molecule is N=C=N.[SiH4]. The Morgan fingerprint density at radius 3 is 1.25 bits per heavy atom. The van der Waals surface area contributed by atoms with E-state index in [4.69, 9.17) is 10.8 Å². The molecule has 0 aliphatic rings. The third-order valence-electron chi connectivity index (χ3n) is 0. The molecule has 24 valence electrons. The molecule has 0 aromatic carbocycles. The number of rotatable bonds is 0. The summed E-state index contributed by atoms with van der Waals surface area (Å²) in [5, 5.41) is 11.2. The van der Waals surface area contributed by atoms with E-state index >= 15 is 0 Å². The van der Waals surface area contributed by atoms with Crippen LogP contribution in [0.2, 0.25) is 0 Å². The topological polar surface area (TPSA) is 47.7 Å². The molecule has 3 heteroatoms. The average Bonchev–Trinajstić information content (AvgIpc) is 0.918. The summed E-state index contributed by atoms with van der Waals surface area (Å²) in [5.41, 5.74) is 0. The second kappa shape index (κ2) is 18.6. The zero-order chi connectivity index (χ0) is 2.71. The third kappa shape index (κ3) is 3.50. The summed E-state index contributed by atoms with van der Waals surface area (Å²) in [6, 6.07) is 1.25. The van der Waals surface area contributed by atoms with Crippen LogP contribution < -0.4 is 0 Å². The van der Waals surface area contributed by atoms with Gasteiger partial charge in [-0.25, -0.2) is 10.8 Å². The van der Waals surface area contributed by atoms with Crippen molar-refractivity contribution < 1.29 is 0 Å². The molecule has 0 unspecified atom stereocenters. The largest absolute Gasteiger partial charge is 0.242 e. The van der Waals surface area contributed by atoms with Gasteiger partial charge in [0.1, 0.15) is 0 Å². The van der Waals surface area contributed by atoms with Gasteiger partial charge in [0.05, 0.1) is 6.01 Å². The van der Waals surface area contributed by atoms with E-state index in [0.29, 0.717) is 0 Å². The van der Waals surface area contributed by atoms with Crippen LogP contribution in [0.5, 0.6) is 0 Å². The number of nitrogens with one attached hydrogen (secondary N) is 2. The highest BCUT2D eigenvalue weighted by molar-refractivity contribution is 5.75. The van der Waals surface area contributed by atoms with Crippen molar-refractivity contribution >= 4 is 17.0 Å². The molecule has 0 aromatic heterocycles. The van der Waals surface area contributed by atoms with Gasteiger partial charge in [-0.1, -0.05) is 0 Å². The lowest BCUT2D eigenvalue weighted by Gasteiger charge is -1.09. The number of hydrogen-bond acceptors (Lipinski definition) is 2. The quantitative estimate of drug-likeness (QED) is 0.270. The fraction of sp³-hybridized carbons (Fsp3) is 0. The van der Waals surface area contributed by atoms with Crippen LogP contribution in [-0.2, 0) is 0 Å². The first kappa shape index (κ1) is 9.51. The summed E-state index contributed by atoms with van der Waals surface area (Å²) >= 11 is 0. The van der Waals surface area contributed by atoms with Crippen LogP contribution in [-0.4, -0.2) is 17.0 Å². The van der Waals surface area contributed by atoms with Gasteiger partial charge in [0.2, 0.25) is 0 Å². The monoisotopic (exact) mass is 74.0 g/mol. The minimum Gasteiger partial charge on any atom is -0.242 e. The van der Waals surface area contributed by atoms with Gasteiger partial charge in [0, 0.05) is 0 Å². The van der Waals surface area contributed by atoms with E-state index in [1.54, 1.807) is 0 Å². The molecule has 4 heavy (non-hydrogen) atoms. The molecule has 0 saturated heterocycles. The van der Waals surface area contributed by atoms with Gasteiger partial charge in [-0.2, -0.15) is 0 Å². The van der Waals surface area contributed by atoms with Gasteiger partial charge < -0.3 is 0 Å². The van der Waals surface area contributed by atoms with Crippen LogP contribution in [0.15, 0.2) is 0 Å². The van der Waals surface area contributed by atoms with Crippen LogP contribution in [0, 0.1) is 10.8 Å². The minimum atomic E-state index is 0. The molecule has 0 heterocycles. The molecule has 0 radical (unpaired) electrons. The molecule has 0 saturated carbocycles. The Labute approximate surface area is 28.9 Å². The summed E-state index contributed by atoms with van der Waals surface area (Å²) in [4.78, 5) is 0. The minimum absolute atomic E-state index is 0.